The Morgan fingerprint density at radius 1 is 1.30 bits per heavy atom. The van der Waals surface area contributed by atoms with Crippen LogP contribution in [0.2, 0.25) is 0 Å². The second-order valence-corrected chi connectivity index (χ2v) is 7.84. The second kappa shape index (κ2) is 10.9. The smallest absolute Gasteiger partial charge is 0.305 e. The number of carboxylic acid groups (broad SMARTS) is 1. The Labute approximate surface area is 176 Å². The Bertz CT molecular complexity index is 994. The molecule has 2 aromatic rings. The molecule has 0 saturated heterocycles. The van der Waals surface area contributed by atoms with Crippen LogP contribution in [0.4, 0.5) is 4.39 Å². The summed E-state index contributed by atoms with van der Waals surface area (Å²) in [7, 11) is 0. The Morgan fingerprint density at radius 2 is 2.03 bits per heavy atom. The highest BCUT2D eigenvalue weighted by atomic mass is 32.2. The number of benzene rings is 1. The molecular formula is C20H24FN3O5S. The Morgan fingerprint density at radius 3 is 2.63 bits per heavy atom. The number of halogens is 1. The molecule has 1 unspecified atom stereocenters. The van der Waals surface area contributed by atoms with Gasteiger partial charge in [0.25, 0.3) is 5.56 Å². The number of carboxylic acids is 1. The molecular weight excluding hydrogens is 413 g/mol. The minimum atomic E-state index is -1.50. The van der Waals surface area contributed by atoms with E-state index in [1.165, 1.54) is 6.33 Å². The average Bonchev–Trinajstić information content (AvgIpc) is 2.73. The zero-order valence-corrected chi connectivity index (χ0v) is 17.6. The summed E-state index contributed by atoms with van der Waals surface area (Å²) in [4.78, 5) is 53.5. The highest BCUT2D eigenvalue weighted by molar-refractivity contribution is 7.99. The van der Waals surface area contributed by atoms with Crippen LogP contribution in [0.15, 0.2) is 34.2 Å². The maximum atomic E-state index is 13.0. The van der Waals surface area contributed by atoms with Crippen molar-refractivity contribution < 1.29 is 23.9 Å². The molecule has 0 fully saturated rings. The van der Waals surface area contributed by atoms with Gasteiger partial charge in [-0.05, 0) is 36.8 Å². The minimum Gasteiger partial charge on any atom is -0.481 e. The van der Waals surface area contributed by atoms with E-state index in [1.807, 2.05) is 6.07 Å². The number of ketones is 1. The lowest BCUT2D eigenvalue weighted by atomic mass is 10.1. The summed E-state index contributed by atoms with van der Waals surface area (Å²) in [5.41, 5.74) is 0.0660. The first-order valence-corrected chi connectivity index (χ1v) is 10.5. The van der Waals surface area contributed by atoms with Gasteiger partial charge >= 0.3 is 5.97 Å². The number of aliphatic carboxylic acids is 1. The number of amides is 1. The summed E-state index contributed by atoms with van der Waals surface area (Å²) in [5, 5.41) is 11.5. The molecule has 0 bridgehead atoms. The lowest BCUT2D eigenvalue weighted by molar-refractivity contribution is -0.140. The first-order valence-electron chi connectivity index (χ1n) is 9.56. The molecule has 10 heteroatoms. The van der Waals surface area contributed by atoms with Crippen LogP contribution in [0.1, 0.15) is 39.2 Å². The fourth-order valence-electron chi connectivity index (χ4n) is 2.94. The molecule has 1 heterocycles. The number of fused-ring (bicyclic) bond motifs is 1. The van der Waals surface area contributed by atoms with Gasteiger partial charge in [0.05, 0.1) is 23.7 Å². The monoisotopic (exact) mass is 437 g/mol. The minimum absolute atomic E-state index is 0.187. The van der Waals surface area contributed by atoms with E-state index < -0.39 is 48.4 Å². The van der Waals surface area contributed by atoms with Crippen LogP contribution in [-0.4, -0.2) is 50.8 Å². The number of Topliss-reactive ketones (excluding diaryl/α,β-unsaturated/α-hetero) is 1. The van der Waals surface area contributed by atoms with Crippen molar-refractivity contribution in [3.05, 3.63) is 34.9 Å². The third-order valence-corrected chi connectivity index (χ3v) is 5.67. The van der Waals surface area contributed by atoms with Gasteiger partial charge < -0.3 is 10.4 Å². The fraction of sp³-hybridized carbons (Fsp3) is 0.450. The Balaban J connectivity index is 2.37. The summed E-state index contributed by atoms with van der Waals surface area (Å²) in [5.74, 6) is -2.24. The fourth-order valence-corrected chi connectivity index (χ4v) is 3.74. The van der Waals surface area contributed by atoms with Gasteiger partial charge in [-0.25, -0.2) is 9.37 Å². The molecule has 2 atom stereocenters. The summed E-state index contributed by atoms with van der Waals surface area (Å²) >= 11 is 1.61. The molecule has 0 saturated carbocycles. The van der Waals surface area contributed by atoms with E-state index in [2.05, 4.69) is 17.2 Å². The van der Waals surface area contributed by atoms with Crippen LogP contribution in [0.3, 0.4) is 0 Å². The third-order valence-electron chi connectivity index (χ3n) is 4.47. The quantitative estimate of drug-likeness (QED) is 0.518. The first kappa shape index (κ1) is 23.5. The third kappa shape index (κ3) is 5.65. The number of hydrogen-bond acceptors (Lipinski definition) is 6. The number of alkyl halides is 1. The summed E-state index contributed by atoms with van der Waals surface area (Å²) in [6.45, 7) is 2.32. The van der Waals surface area contributed by atoms with Gasteiger partial charge in [0.1, 0.15) is 18.8 Å². The van der Waals surface area contributed by atoms with Crippen LogP contribution in [-0.2, 0) is 14.4 Å². The molecule has 2 rings (SSSR count). The second-order valence-electron chi connectivity index (χ2n) is 6.67. The molecule has 1 amide bonds. The molecule has 0 aliphatic carbocycles. The number of nitrogens with one attached hydrogen (secondary N) is 1. The number of nitrogens with zero attached hydrogens (tertiary/aromatic N) is 2. The van der Waals surface area contributed by atoms with E-state index in [1.54, 1.807) is 30.8 Å². The predicted molar refractivity (Wildman–Crippen MR) is 112 cm³/mol. The van der Waals surface area contributed by atoms with Crippen LogP contribution in [0, 0.1) is 0 Å². The SMILES string of the molecule is CCCSc1ccc2ncn([C@@H](CC)C(=O)NC(CC(=O)O)C(=O)CF)c(=O)c2c1. The van der Waals surface area contributed by atoms with Crippen molar-refractivity contribution in [1.29, 1.82) is 0 Å². The van der Waals surface area contributed by atoms with E-state index >= 15 is 0 Å². The highest BCUT2D eigenvalue weighted by Crippen LogP contribution is 2.22. The summed E-state index contributed by atoms with van der Waals surface area (Å²) in [6.07, 6.45) is 1.67. The number of carbonyl (C=O) groups excluding carboxylic acids is 2. The zero-order valence-electron chi connectivity index (χ0n) is 16.8. The number of rotatable bonds is 11. The van der Waals surface area contributed by atoms with Gasteiger partial charge in [-0.1, -0.05) is 13.8 Å². The van der Waals surface area contributed by atoms with E-state index in [9.17, 15) is 23.6 Å². The molecule has 30 heavy (non-hydrogen) atoms. The number of carbonyl (C=O) groups is 3. The van der Waals surface area contributed by atoms with Gasteiger partial charge in [0, 0.05) is 4.90 Å². The van der Waals surface area contributed by atoms with E-state index in [0.29, 0.717) is 10.9 Å². The first-order chi connectivity index (χ1) is 14.3. The van der Waals surface area contributed by atoms with Gasteiger partial charge in [-0.2, -0.15) is 0 Å². The number of aromatic nitrogens is 2. The largest absolute Gasteiger partial charge is 0.481 e. The normalized spacial score (nSPS) is 13.0. The standard InChI is InChI=1S/C20H24FN3O5S/c1-3-7-30-12-5-6-14-13(8-12)20(29)24(11-22-14)16(4-2)19(28)23-15(9-18(26)27)17(25)10-21/h5-6,8,11,15-16H,3-4,7,9-10H2,1-2H3,(H,23,28)(H,26,27)/t15?,16-/m0/s1. The van der Waals surface area contributed by atoms with Crippen molar-refractivity contribution in [3.8, 4) is 0 Å². The summed E-state index contributed by atoms with van der Waals surface area (Å²) < 4.78 is 13.9. The molecule has 0 radical (unpaired) electrons. The van der Waals surface area contributed by atoms with Crippen LogP contribution < -0.4 is 10.9 Å². The topological polar surface area (TPSA) is 118 Å². The van der Waals surface area contributed by atoms with Crippen molar-refractivity contribution in [2.45, 2.75) is 50.1 Å². The maximum Gasteiger partial charge on any atom is 0.305 e. The van der Waals surface area contributed by atoms with Crippen molar-refractivity contribution >= 4 is 40.3 Å². The average molecular weight is 437 g/mol. The Hall–Kier alpha value is -2.75. The van der Waals surface area contributed by atoms with Gasteiger partial charge in [-0.3, -0.25) is 23.7 Å². The molecule has 0 aliphatic heterocycles. The van der Waals surface area contributed by atoms with Gasteiger partial charge in [-0.15, -0.1) is 11.8 Å². The van der Waals surface area contributed by atoms with Crippen molar-refractivity contribution in [3.63, 3.8) is 0 Å². The predicted octanol–water partition coefficient (Wildman–Crippen LogP) is 2.35. The maximum absolute atomic E-state index is 13.0. The lowest BCUT2D eigenvalue weighted by Crippen LogP contribution is -2.47. The highest BCUT2D eigenvalue weighted by Gasteiger charge is 2.28. The number of thioether (sulfide) groups is 1. The van der Waals surface area contributed by atoms with Gasteiger partial charge in [0.15, 0.2) is 5.78 Å². The van der Waals surface area contributed by atoms with Crippen molar-refractivity contribution in [1.82, 2.24) is 14.9 Å². The van der Waals surface area contributed by atoms with Crippen LogP contribution in [0.25, 0.3) is 10.9 Å². The van der Waals surface area contributed by atoms with Crippen LogP contribution in [0.5, 0.6) is 0 Å². The molecule has 1 aromatic heterocycles. The van der Waals surface area contributed by atoms with Crippen molar-refractivity contribution in [2.24, 2.45) is 0 Å². The Kier molecular flexibility index (Phi) is 8.52. The molecule has 2 N–H and O–H groups in total. The lowest BCUT2D eigenvalue weighted by Gasteiger charge is -2.21. The molecule has 0 aliphatic rings. The van der Waals surface area contributed by atoms with Crippen LogP contribution >= 0.6 is 11.8 Å². The van der Waals surface area contributed by atoms with Crippen molar-refractivity contribution in [2.75, 3.05) is 12.4 Å². The molecule has 0 spiro atoms. The zero-order chi connectivity index (χ0) is 22.3. The van der Waals surface area contributed by atoms with E-state index in [-0.39, 0.29) is 6.42 Å². The molecule has 1 aromatic carbocycles. The number of hydrogen-bond donors (Lipinski definition) is 2. The van der Waals surface area contributed by atoms with E-state index in [0.717, 1.165) is 21.6 Å². The van der Waals surface area contributed by atoms with E-state index in [4.69, 9.17) is 5.11 Å². The summed E-state index contributed by atoms with van der Waals surface area (Å²) in [6, 6.07) is 2.82. The molecule has 8 nitrogen and oxygen atoms in total. The van der Waals surface area contributed by atoms with Gasteiger partial charge in [0.2, 0.25) is 5.91 Å². The molecule has 162 valence electrons.